The van der Waals surface area contributed by atoms with Crippen molar-refractivity contribution in [3.05, 3.63) is 33.9 Å². The average molecular weight is 289 g/mol. The second-order valence-corrected chi connectivity index (χ2v) is 6.59. The van der Waals surface area contributed by atoms with Crippen molar-refractivity contribution in [3.63, 3.8) is 0 Å². The molecule has 0 aromatic heterocycles. The predicted octanol–water partition coefficient (Wildman–Crippen LogP) is 3.33. The topological polar surface area (TPSA) is 72.4 Å². The number of hydrogen-bond acceptors (Lipinski definition) is 4. The molecule has 1 saturated heterocycles. The zero-order valence-corrected chi connectivity index (χ0v) is 12.4. The standard InChI is InChI=1S/C16H23N3O2/c17-15-13(4-3-5-14(15)19(20)21)12-18-10-8-16(9-11-18)6-1-2-7-16/h3-5H,1-2,6-12,17H2. The Morgan fingerprint density at radius 1 is 1.19 bits per heavy atom. The second-order valence-electron chi connectivity index (χ2n) is 6.59. The Morgan fingerprint density at radius 2 is 1.86 bits per heavy atom. The van der Waals surface area contributed by atoms with Crippen LogP contribution in [0.5, 0.6) is 0 Å². The number of hydrogen-bond donors (Lipinski definition) is 1. The number of anilines is 1. The van der Waals surface area contributed by atoms with E-state index < -0.39 is 4.92 Å². The first-order valence-corrected chi connectivity index (χ1v) is 7.84. The van der Waals surface area contributed by atoms with Crippen LogP contribution in [0.15, 0.2) is 18.2 Å². The van der Waals surface area contributed by atoms with E-state index in [0.29, 0.717) is 11.1 Å². The van der Waals surface area contributed by atoms with E-state index in [0.717, 1.165) is 25.2 Å². The van der Waals surface area contributed by atoms with Gasteiger partial charge in [-0.05, 0) is 49.8 Å². The quantitative estimate of drug-likeness (QED) is 0.526. The van der Waals surface area contributed by atoms with Gasteiger partial charge in [0.05, 0.1) is 4.92 Å². The van der Waals surface area contributed by atoms with Crippen LogP contribution >= 0.6 is 0 Å². The van der Waals surface area contributed by atoms with E-state index in [2.05, 4.69) is 4.90 Å². The summed E-state index contributed by atoms with van der Waals surface area (Å²) < 4.78 is 0. The van der Waals surface area contributed by atoms with Crippen molar-refractivity contribution in [2.45, 2.75) is 45.1 Å². The van der Waals surface area contributed by atoms with Crippen LogP contribution in [0, 0.1) is 15.5 Å². The molecule has 2 fully saturated rings. The molecule has 1 spiro atoms. The van der Waals surface area contributed by atoms with Crippen LogP contribution in [0.4, 0.5) is 11.4 Å². The molecule has 1 aliphatic carbocycles. The summed E-state index contributed by atoms with van der Waals surface area (Å²) >= 11 is 0. The first-order chi connectivity index (χ1) is 10.1. The highest BCUT2D eigenvalue weighted by Crippen LogP contribution is 2.46. The Bertz CT molecular complexity index is 528. The summed E-state index contributed by atoms with van der Waals surface area (Å²) in [5.41, 5.74) is 7.78. The van der Waals surface area contributed by atoms with Crippen molar-refractivity contribution >= 4 is 11.4 Å². The van der Waals surface area contributed by atoms with Gasteiger partial charge in [-0.15, -0.1) is 0 Å². The number of rotatable bonds is 3. The van der Waals surface area contributed by atoms with E-state index in [1.807, 2.05) is 6.07 Å². The van der Waals surface area contributed by atoms with Crippen molar-refractivity contribution in [2.24, 2.45) is 5.41 Å². The third-order valence-corrected chi connectivity index (χ3v) is 5.34. The molecule has 1 heterocycles. The number of nitrogens with two attached hydrogens (primary N) is 1. The van der Waals surface area contributed by atoms with E-state index >= 15 is 0 Å². The lowest BCUT2D eigenvalue weighted by molar-refractivity contribution is -0.384. The number of likely N-dealkylation sites (tertiary alicyclic amines) is 1. The maximum Gasteiger partial charge on any atom is 0.292 e. The smallest absolute Gasteiger partial charge is 0.292 e. The third-order valence-electron chi connectivity index (χ3n) is 5.34. The largest absolute Gasteiger partial charge is 0.393 e. The molecular formula is C16H23N3O2. The lowest BCUT2D eigenvalue weighted by Gasteiger charge is -2.39. The van der Waals surface area contributed by atoms with Crippen LogP contribution in [-0.4, -0.2) is 22.9 Å². The minimum atomic E-state index is -0.400. The predicted molar refractivity (Wildman–Crippen MR) is 82.9 cm³/mol. The maximum absolute atomic E-state index is 10.9. The van der Waals surface area contributed by atoms with Gasteiger partial charge in [0.1, 0.15) is 5.69 Å². The number of nitro groups is 1. The fourth-order valence-corrected chi connectivity index (χ4v) is 3.95. The number of nitrogen functional groups attached to an aromatic ring is 1. The summed E-state index contributed by atoms with van der Waals surface area (Å²) in [6.45, 7) is 2.90. The number of nitrogens with zero attached hydrogens (tertiary/aromatic N) is 2. The molecule has 114 valence electrons. The van der Waals surface area contributed by atoms with Gasteiger partial charge in [-0.1, -0.05) is 25.0 Å². The zero-order valence-electron chi connectivity index (χ0n) is 12.4. The van der Waals surface area contributed by atoms with Crippen LogP contribution in [-0.2, 0) is 6.54 Å². The number of nitro benzene ring substituents is 1. The maximum atomic E-state index is 10.9. The summed E-state index contributed by atoms with van der Waals surface area (Å²) in [5.74, 6) is 0. The van der Waals surface area contributed by atoms with Gasteiger partial charge in [-0.3, -0.25) is 15.0 Å². The molecule has 1 saturated carbocycles. The van der Waals surface area contributed by atoms with Crippen molar-refractivity contribution in [2.75, 3.05) is 18.8 Å². The Labute approximate surface area is 125 Å². The molecule has 1 aromatic rings. The lowest BCUT2D eigenvalue weighted by atomic mass is 9.77. The van der Waals surface area contributed by atoms with E-state index in [1.165, 1.54) is 44.6 Å². The highest BCUT2D eigenvalue weighted by molar-refractivity contribution is 5.62. The average Bonchev–Trinajstić information content (AvgIpc) is 2.92. The van der Waals surface area contributed by atoms with Crippen LogP contribution < -0.4 is 5.73 Å². The van der Waals surface area contributed by atoms with Crippen LogP contribution in [0.1, 0.15) is 44.1 Å². The fourth-order valence-electron chi connectivity index (χ4n) is 3.95. The first-order valence-electron chi connectivity index (χ1n) is 7.84. The molecule has 2 N–H and O–H groups in total. The number of para-hydroxylation sites is 1. The molecular weight excluding hydrogens is 266 g/mol. The number of benzene rings is 1. The lowest BCUT2D eigenvalue weighted by Crippen LogP contribution is -2.38. The second kappa shape index (κ2) is 5.64. The first kappa shape index (κ1) is 14.3. The highest BCUT2D eigenvalue weighted by atomic mass is 16.6. The minimum absolute atomic E-state index is 0.0248. The van der Waals surface area contributed by atoms with E-state index in [4.69, 9.17) is 5.73 Å². The molecule has 0 unspecified atom stereocenters. The van der Waals surface area contributed by atoms with Crippen LogP contribution in [0.25, 0.3) is 0 Å². The van der Waals surface area contributed by atoms with E-state index in [1.54, 1.807) is 6.07 Å². The summed E-state index contributed by atoms with van der Waals surface area (Å²) in [5, 5.41) is 10.9. The normalized spacial score (nSPS) is 21.7. The van der Waals surface area contributed by atoms with E-state index in [-0.39, 0.29) is 5.69 Å². The van der Waals surface area contributed by atoms with Crippen molar-refractivity contribution < 1.29 is 4.92 Å². The Balaban J connectivity index is 1.65. The van der Waals surface area contributed by atoms with Crippen LogP contribution in [0.2, 0.25) is 0 Å². The van der Waals surface area contributed by atoms with Crippen molar-refractivity contribution in [1.82, 2.24) is 4.90 Å². The summed E-state index contributed by atoms with van der Waals surface area (Å²) in [6, 6.07) is 5.11. The van der Waals surface area contributed by atoms with Gasteiger partial charge in [-0.25, -0.2) is 0 Å². The molecule has 21 heavy (non-hydrogen) atoms. The molecule has 0 radical (unpaired) electrons. The molecule has 0 bridgehead atoms. The minimum Gasteiger partial charge on any atom is -0.393 e. The van der Waals surface area contributed by atoms with Gasteiger partial charge in [-0.2, -0.15) is 0 Å². The van der Waals surface area contributed by atoms with E-state index in [9.17, 15) is 10.1 Å². The van der Waals surface area contributed by atoms with Crippen LogP contribution in [0.3, 0.4) is 0 Å². The van der Waals surface area contributed by atoms with Gasteiger partial charge in [0.15, 0.2) is 0 Å². The number of piperidine rings is 1. The van der Waals surface area contributed by atoms with Gasteiger partial charge >= 0.3 is 0 Å². The summed E-state index contributed by atoms with van der Waals surface area (Å²) in [7, 11) is 0. The van der Waals surface area contributed by atoms with Gasteiger partial charge in [0, 0.05) is 12.6 Å². The fraction of sp³-hybridized carbons (Fsp3) is 0.625. The summed E-state index contributed by atoms with van der Waals surface area (Å²) in [6.07, 6.45) is 8.08. The van der Waals surface area contributed by atoms with Crippen molar-refractivity contribution in [1.29, 1.82) is 0 Å². The SMILES string of the molecule is Nc1c(CN2CCC3(CCCC3)CC2)cccc1[N+](=O)[O-]. The molecule has 1 aromatic carbocycles. The Kier molecular flexibility index (Phi) is 3.85. The molecule has 0 amide bonds. The molecule has 5 nitrogen and oxygen atoms in total. The molecule has 3 rings (SSSR count). The Morgan fingerprint density at radius 3 is 2.48 bits per heavy atom. The van der Waals surface area contributed by atoms with Gasteiger partial charge in [0.2, 0.25) is 0 Å². The van der Waals surface area contributed by atoms with Gasteiger partial charge in [0.25, 0.3) is 5.69 Å². The monoisotopic (exact) mass is 289 g/mol. The molecule has 0 atom stereocenters. The Hall–Kier alpha value is -1.62. The highest BCUT2D eigenvalue weighted by Gasteiger charge is 2.36. The molecule has 5 heteroatoms. The molecule has 2 aliphatic rings. The third kappa shape index (κ3) is 2.88. The summed E-state index contributed by atoms with van der Waals surface area (Å²) in [4.78, 5) is 12.9. The van der Waals surface area contributed by atoms with Gasteiger partial charge < -0.3 is 5.73 Å². The molecule has 1 aliphatic heterocycles. The van der Waals surface area contributed by atoms with Crippen molar-refractivity contribution in [3.8, 4) is 0 Å². The zero-order chi connectivity index (χ0) is 14.9.